The number of fused-ring (bicyclic) bond motifs is 1. The number of hydrogen-bond acceptors (Lipinski definition) is 6. The standard InChI is InChI=1S/C20H17NO5S/c1-12-13-6-2-4-8-16(13)26-19(12)15(22)10-25-20(24)14-7-3-5-9-17(14)27-11-18(21)23/h2-9H,10-11H2,1H3,(H2,21,23). The van der Waals surface area contributed by atoms with Crippen LogP contribution in [-0.2, 0) is 9.53 Å². The van der Waals surface area contributed by atoms with Crippen LogP contribution in [0.1, 0.15) is 26.5 Å². The van der Waals surface area contributed by atoms with Crippen LogP contribution in [0, 0.1) is 6.92 Å². The predicted octanol–water partition coefficient (Wildman–Crippen LogP) is 3.36. The molecule has 0 saturated carbocycles. The molecule has 0 radical (unpaired) electrons. The van der Waals surface area contributed by atoms with Gasteiger partial charge in [-0.15, -0.1) is 11.8 Å². The maximum absolute atomic E-state index is 12.4. The summed E-state index contributed by atoms with van der Waals surface area (Å²) in [5.74, 6) is -1.33. The van der Waals surface area contributed by atoms with Gasteiger partial charge in [-0.25, -0.2) is 4.79 Å². The number of esters is 1. The first kappa shape index (κ1) is 18.7. The molecule has 0 fully saturated rings. The number of rotatable bonds is 7. The zero-order chi connectivity index (χ0) is 19.4. The minimum absolute atomic E-state index is 0.0431. The van der Waals surface area contributed by atoms with Crippen LogP contribution in [0.2, 0.25) is 0 Å². The summed E-state index contributed by atoms with van der Waals surface area (Å²) in [4.78, 5) is 36.3. The number of primary amides is 1. The van der Waals surface area contributed by atoms with Crippen LogP contribution in [-0.4, -0.2) is 30.0 Å². The lowest BCUT2D eigenvalue weighted by molar-refractivity contribution is -0.115. The van der Waals surface area contributed by atoms with Gasteiger partial charge in [-0.05, 0) is 25.1 Å². The highest BCUT2D eigenvalue weighted by Crippen LogP contribution is 2.26. The van der Waals surface area contributed by atoms with Gasteiger partial charge in [0.25, 0.3) is 0 Å². The molecule has 0 unspecified atom stereocenters. The van der Waals surface area contributed by atoms with Crippen LogP contribution in [0.4, 0.5) is 0 Å². The lowest BCUT2D eigenvalue weighted by atomic mass is 10.1. The van der Waals surface area contributed by atoms with Crippen molar-refractivity contribution in [2.24, 2.45) is 5.73 Å². The van der Waals surface area contributed by atoms with E-state index in [4.69, 9.17) is 14.9 Å². The molecule has 0 aliphatic rings. The van der Waals surface area contributed by atoms with Crippen LogP contribution in [0.15, 0.2) is 57.8 Å². The molecular formula is C20H17NO5S. The Labute approximate surface area is 159 Å². The third kappa shape index (κ3) is 4.20. The fourth-order valence-corrected chi connectivity index (χ4v) is 3.40. The molecule has 0 aliphatic heterocycles. The van der Waals surface area contributed by atoms with E-state index in [1.807, 2.05) is 18.2 Å². The highest BCUT2D eigenvalue weighted by molar-refractivity contribution is 8.00. The molecule has 0 atom stereocenters. The Morgan fingerprint density at radius 3 is 2.52 bits per heavy atom. The van der Waals surface area contributed by atoms with Crippen molar-refractivity contribution in [3.63, 3.8) is 0 Å². The maximum atomic E-state index is 12.4. The van der Waals surface area contributed by atoms with Crippen LogP contribution < -0.4 is 5.73 Å². The average molecular weight is 383 g/mol. The molecule has 138 valence electrons. The van der Waals surface area contributed by atoms with Crippen molar-refractivity contribution in [2.75, 3.05) is 12.4 Å². The van der Waals surface area contributed by atoms with E-state index in [9.17, 15) is 14.4 Å². The lowest BCUT2D eigenvalue weighted by Crippen LogP contribution is -2.16. The number of amides is 1. The molecule has 27 heavy (non-hydrogen) atoms. The molecule has 0 bridgehead atoms. The van der Waals surface area contributed by atoms with Gasteiger partial charge in [0, 0.05) is 15.8 Å². The van der Waals surface area contributed by atoms with Crippen molar-refractivity contribution in [1.82, 2.24) is 0 Å². The predicted molar refractivity (Wildman–Crippen MR) is 102 cm³/mol. The first-order valence-corrected chi connectivity index (χ1v) is 9.14. The van der Waals surface area contributed by atoms with Crippen molar-refractivity contribution in [2.45, 2.75) is 11.8 Å². The Bertz CT molecular complexity index is 1020. The summed E-state index contributed by atoms with van der Waals surface area (Å²) in [7, 11) is 0. The summed E-state index contributed by atoms with van der Waals surface area (Å²) in [6.45, 7) is 1.35. The number of benzene rings is 2. The first-order valence-electron chi connectivity index (χ1n) is 8.16. The molecule has 6 nitrogen and oxygen atoms in total. The van der Waals surface area contributed by atoms with Gasteiger partial charge >= 0.3 is 5.97 Å². The van der Waals surface area contributed by atoms with Crippen molar-refractivity contribution in [3.05, 3.63) is 65.4 Å². The van der Waals surface area contributed by atoms with E-state index in [0.29, 0.717) is 16.0 Å². The number of aryl methyl sites for hydroxylation is 1. The summed E-state index contributed by atoms with van der Waals surface area (Å²) < 4.78 is 10.8. The van der Waals surface area contributed by atoms with Crippen molar-refractivity contribution >= 4 is 40.4 Å². The smallest absolute Gasteiger partial charge is 0.339 e. The van der Waals surface area contributed by atoms with Crippen LogP contribution >= 0.6 is 11.8 Å². The molecule has 0 saturated heterocycles. The second-order valence-corrected chi connectivity index (χ2v) is 6.82. The summed E-state index contributed by atoms with van der Waals surface area (Å²) in [5.41, 5.74) is 6.74. The summed E-state index contributed by atoms with van der Waals surface area (Å²) in [6.07, 6.45) is 0. The van der Waals surface area contributed by atoms with E-state index in [2.05, 4.69) is 0 Å². The molecule has 3 aromatic rings. The molecule has 2 aromatic carbocycles. The Morgan fingerprint density at radius 2 is 1.78 bits per heavy atom. The number of ether oxygens (including phenoxy) is 1. The van der Waals surface area contributed by atoms with Gasteiger partial charge in [-0.2, -0.15) is 0 Å². The third-order valence-corrected chi connectivity index (χ3v) is 5.00. The molecule has 3 rings (SSSR count). The van der Waals surface area contributed by atoms with Crippen molar-refractivity contribution in [3.8, 4) is 0 Å². The van der Waals surface area contributed by atoms with E-state index < -0.39 is 24.3 Å². The average Bonchev–Trinajstić information content (AvgIpc) is 3.01. The van der Waals surface area contributed by atoms with Crippen LogP contribution in [0.5, 0.6) is 0 Å². The second kappa shape index (κ2) is 8.09. The summed E-state index contributed by atoms with van der Waals surface area (Å²) in [6, 6.07) is 14.0. The second-order valence-electron chi connectivity index (χ2n) is 5.80. The Hall–Kier alpha value is -3.06. The number of nitrogens with two attached hydrogens (primary N) is 1. The number of hydrogen-bond donors (Lipinski definition) is 1. The molecule has 7 heteroatoms. The highest BCUT2D eigenvalue weighted by atomic mass is 32.2. The van der Waals surface area contributed by atoms with E-state index in [-0.39, 0.29) is 17.1 Å². The zero-order valence-corrected chi connectivity index (χ0v) is 15.4. The van der Waals surface area contributed by atoms with Gasteiger partial charge in [0.1, 0.15) is 5.58 Å². The normalized spacial score (nSPS) is 10.7. The van der Waals surface area contributed by atoms with Gasteiger partial charge in [0.15, 0.2) is 12.4 Å². The topological polar surface area (TPSA) is 99.6 Å². The van der Waals surface area contributed by atoms with Crippen LogP contribution in [0.3, 0.4) is 0 Å². The number of carbonyl (C=O) groups excluding carboxylic acids is 3. The molecule has 0 aliphatic carbocycles. The summed E-state index contributed by atoms with van der Waals surface area (Å²) in [5, 5.41) is 0.848. The third-order valence-electron chi connectivity index (χ3n) is 3.91. The van der Waals surface area contributed by atoms with Gasteiger partial charge in [-0.1, -0.05) is 30.3 Å². The lowest BCUT2D eigenvalue weighted by Gasteiger charge is -2.08. The fourth-order valence-electron chi connectivity index (χ4n) is 2.62. The monoisotopic (exact) mass is 383 g/mol. The van der Waals surface area contributed by atoms with Crippen LogP contribution in [0.25, 0.3) is 11.0 Å². The Kier molecular flexibility index (Phi) is 5.61. The minimum Gasteiger partial charge on any atom is -0.454 e. The molecular weight excluding hydrogens is 366 g/mol. The largest absolute Gasteiger partial charge is 0.454 e. The molecule has 0 spiro atoms. The number of carbonyl (C=O) groups is 3. The highest BCUT2D eigenvalue weighted by Gasteiger charge is 2.20. The van der Waals surface area contributed by atoms with Crippen molar-refractivity contribution < 1.29 is 23.5 Å². The minimum atomic E-state index is -0.648. The SMILES string of the molecule is Cc1c(C(=O)COC(=O)c2ccccc2SCC(N)=O)oc2ccccc12. The van der Waals surface area contributed by atoms with Gasteiger partial charge in [0.2, 0.25) is 11.7 Å². The van der Waals surface area contributed by atoms with Crippen molar-refractivity contribution in [1.29, 1.82) is 0 Å². The van der Waals surface area contributed by atoms with E-state index >= 15 is 0 Å². The molecule has 1 amide bonds. The number of para-hydroxylation sites is 1. The van der Waals surface area contributed by atoms with E-state index in [1.54, 1.807) is 37.3 Å². The van der Waals surface area contributed by atoms with E-state index in [0.717, 1.165) is 17.1 Å². The Morgan fingerprint density at radius 1 is 1.07 bits per heavy atom. The molecule has 2 N–H and O–H groups in total. The first-order chi connectivity index (χ1) is 13.0. The fraction of sp³-hybridized carbons (Fsp3) is 0.150. The molecule has 1 heterocycles. The number of furan rings is 1. The zero-order valence-electron chi connectivity index (χ0n) is 14.6. The number of Topliss-reactive ketones (excluding diaryl/α,β-unsaturated/α-hetero) is 1. The van der Waals surface area contributed by atoms with Gasteiger partial charge in [0.05, 0.1) is 11.3 Å². The van der Waals surface area contributed by atoms with Gasteiger partial charge < -0.3 is 14.9 Å². The quantitative estimate of drug-likeness (QED) is 0.381. The van der Waals surface area contributed by atoms with E-state index in [1.165, 1.54) is 0 Å². The summed E-state index contributed by atoms with van der Waals surface area (Å²) >= 11 is 1.14. The number of ketones is 1. The molecule has 1 aromatic heterocycles. The maximum Gasteiger partial charge on any atom is 0.339 e. The van der Waals surface area contributed by atoms with Gasteiger partial charge in [-0.3, -0.25) is 9.59 Å². The Balaban J connectivity index is 1.71. The number of thioether (sulfide) groups is 1.